The van der Waals surface area contributed by atoms with Crippen molar-refractivity contribution < 1.29 is 0 Å². The van der Waals surface area contributed by atoms with Crippen LogP contribution in [0.1, 0.15) is 52.9 Å². The quantitative estimate of drug-likeness (QED) is 0.801. The molecule has 0 aromatic carbocycles. The second kappa shape index (κ2) is 5.71. The highest BCUT2D eigenvalue weighted by Gasteiger charge is 2.35. The van der Waals surface area contributed by atoms with Gasteiger partial charge in [-0.15, -0.1) is 0 Å². The van der Waals surface area contributed by atoms with Crippen LogP contribution in [-0.4, -0.2) is 30.1 Å². The van der Waals surface area contributed by atoms with Gasteiger partial charge in [0.25, 0.3) is 0 Å². The first-order valence-electron chi connectivity index (χ1n) is 7.57. The van der Waals surface area contributed by atoms with E-state index in [1.165, 1.54) is 38.6 Å². The van der Waals surface area contributed by atoms with Crippen LogP contribution in [-0.2, 0) is 0 Å². The van der Waals surface area contributed by atoms with Gasteiger partial charge >= 0.3 is 0 Å². The van der Waals surface area contributed by atoms with Crippen molar-refractivity contribution in [1.82, 2.24) is 4.90 Å². The lowest BCUT2D eigenvalue weighted by Crippen LogP contribution is -2.52. The van der Waals surface area contributed by atoms with Crippen LogP contribution in [0.4, 0.5) is 0 Å². The van der Waals surface area contributed by atoms with Crippen LogP contribution in [0.2, 0.25) is 0 Å². The maximum absolute atomic E-state index is 5.88. The van der Waals surface area contributed by atoms with Gasteiger partial charge in [-0.05, 0) is 56.9 Å². The molecule has 2 N–H and O–H groups in total. The Morgan fingerprint density at radius 2 is 1.82 bits per heavy atom. The average molecular weight is 238 g/mol. The van der Waals surface area contributed by atoms with E-state index in [-0.39, 0.29) is 0 Å². The van der Waals surface area contributed by atoms with Crippen molar-refractivity contribution in [3.05, 3.63) is 0 Å². The molecule has 0 aromatic rings. The molecule has 17 heavy (non-hydrogen) atoms. The van der Waals surface area contributed by atoms with Gasteiger partial charge in [-0.2, -0.15) is 0 Å². The zero-order valence-electron chi connectivity index (χ0n) is 11.9. The number of rotatable bonds is 2. The van der Waals surface area contributed by atoms with E-state index in [9.17, 15) is 0 Å². The molecular formula is C15H30N2. The van der Waals surface area contributed by atoms with E-state index in [1.807, 2.05) is 0 Å². The molecule has 2 heteroatoms. The normalized spacial score (nSPS) is 44.8. The van der Waals surface area contributed by atoms with Crippen LogP contribution in [0.3, 0.4) is 0 Å². The zero-order chi connectivity index (χ0) is 12.4. The van der Waals surface area contributed by atoms with Gasteiger partial charge in [0.05, 0.1) is 0 Å². The number of likely N-dealkylation sites (tertiary alicyclic amines) is 1. The van der Waals surface area contributed by atoms with Crippen molar-refractivity contribution in [2.75, 3.05) is 13.1 Å². The van der Waals surface area contributed by atoms with Crippen LogP contribution in [0, 0.1) is 17.8 Å². The van der Waals surface area contributed by atoms with Crippen molar-refractivity contribution in [2.45, 2.75) is 65.0 Å². The summed E-state index contributed by atoms with van der Waals surface area (Å²) in [7, 11) is 0. The second-order valence-corrected chi connectivity index (χ2v) is 6.69. The van der Waals surface area contributed by atoms with Gasteiger partial charge in [-0.25, -0.2) is 0 Å². The molecule has 0 radical (unpaired) electrons. The number of hydrogen-bond acceptors (Lipinski definition) is 2. The largest absolute Gasteiger partial charge is 0.330 e. The first-order valence-corrected chi connectivity index (χ1v) is 7.57. The molecule has 2 fully saturated rings. The first kappa shape index (κ1) is 13.4. The van der Waals surface area contributed by atoms with Crippen molar-refractivity contribution in [1.29, 1.82) is 0 Å². The predicted octanol–water partition coefficient (Wildman–Crippen LogP) is 2.87. The first-order chi connectivity index (χ1) is 8.11. The summed E-state index contributed by atoms with van der Waals surface area (Å²) in [5.74, 6) is 2.54. The van der Waals surface area contributed by atoms with Crippen molar-refractivity contribution in [3.63, 3.8) is 0 Å². The fraction of sp³-hybridized carbons (Fsp3) is 1.00. The summed E-state index contributed by atoms with van der Waals surface area (Å²) in [4.78, 5) is 2.79. The minimum atomic E-state index is 0.746. The van der Waals surface area contributed by atoms with Gasteiger partial charge in [0, 0.05) is 18.6 Å². The van der Waals surface area contributed by atoms with E-state index in [0.717, 1.165) is 36.4 Å². The number of nitrogens with zero attached hydrogens (tertiary/aromatic N) is 1. The van der Waals surface area contributed by atoms with Crippen LogP contribution in [0.15, 0.2) is 0 Å². The Bertz CT molecular complexity index is 241. The molecule has 1 aliphatic carbocycles. The Labute approximate surface area is 107 Å². The molecule has 2 rings (SSSR count). The summed E-state index contributed by atoms with van der Waals surface area (Å²) >= 11 is 0. The summed E-state index contributed by atoms with van der Waals surface area (Å²) in [5, 5.41) is 0. The zero-order valence-corrected chi connectivity index (χ0v) is 11.9. The average Bonchev–Trinajstić information content (AvgIpc) is 2.33. The topological polar surface area (TPSA) is 29.3 Å². The lowest BCUT2D eigenvalue weighted by Gasteiger charge is -2.47. The molecule has 0 bridgehead atoms. The molecule has 1 aliphatic heterocycles. The smallest absolute Gasteiger partial charge is 0.0126 e. The Hall–Kier alpha value is -0.0800. The summed E-state index contributed by atoms with van der Waals surface area (Å²) in [6.07, 6.45) is 6.94. The number of nitrogens with two attached hydrogens (primary N) is 1. The van der Waals surface area contributed by atoms with E-state index in [2.05, 4.69) is 25.7 Å². The molecule has 1 saturated heterocycles. The van der Waals surface area contributed by atoms with Crippen LogP contribution < -0.4 is 5.73 Å². The highest BCUT2D eigenvalue weighted by molar-refractivity contribution is 4.90. The lowest BCUT2D eigenvalue weighted by atomic mass is 9.77. The van der Waals surface area contributed by atoms with Crippen LogP contribution in [0.5, 0.6) is 0 Å². The van der Waals surface area contributed by atoms with E-state index < -0.39 is 0 Å². The maximum Gasteiger partial charge on any atom is 0.0126 e. The fourth-order valence-corrected chi connectivity index (χ4v) is 3.83. The van der Waals surface area contributed by atoms with Crippen molar-refractivity contribution >= 4 is 0 Å². The van der Waals surface area contributed by atoms with Gasteiger partial charge in [0.1, 0.15) is 0 Å². The van der Waals surface area contributed by atoms with Crippen molar-refractivity contribution in [2.24, 2.45) is 23.5 Å². The van der Waals surface area contributed by atoms with Crippen molar-refractivity contribution in [3.8, 4) is 0 Å². The Kier molecular flexibility index (Phi) is 4.48. The van der Waals surface area contributed by atoms with E-state index in [1.54, 1.807) is 0 Å². The summed E-state index contributed by atoms with van der Waals surface area (Å²) in [5.41, 5.74) is 5.88. The third-order valence-electron chi connectivity index (χ3n) is 5.20. The third-order valence-corrected chi connectivity index (χ3v) is 5.20. The molecule has 5 atom stereocenters. The summed E-state index contributed by atoms with van der Waals surface area (Å²) < 4.78 is 0. The van der Waals surface area contributed by atoms with Gasteiger partial charge in [-0.3, -0.25) is 4.90 Å². The summed E-state index contributed by atoms with van der Waals surface area (Å²) in [6, 6.07) is 1.60. The monoisotopic (exact) mass is 238 g/mol. The molecule has 0 aromatic heterocycles. The van der Waals surface area contributed by atoms with E-state index >= 15 is 0 Å². The highest BCUT2D eigenvalue weighted by atomic mass is 15.2. The SMILES string of the molecule is CC1CCC(C)C(N2CC(CN)CCC2C)C1. The molecule has 1 heterocycles. The molecule has 2 aliphatic rings. The Balaban J connectivity index is 2.02. The molecule has 100 valence electrons. The minimum absolute atomic E-state index is 0.746. The van der Waals surface area contributed by atoms with Crippen LogP contribution >= 0.6 is 0 Å². The number of hydrogen-bond donors (Lipinski definition) is 1. The second-order valence-electron chi connectivity index (χ2n) is 6.69. The lowest BCUT2D eigenvalue weighted by molar-refractivity contribution is 0.0187. The van der Waals surface area contributed by atoms with E-state index in [0.29, 0.717) is 0 Å². The molecule has 0 amide bonds. The highest BCUT2D eigenvalue weighted by Crippen LogP contribution is 2.35. The minimum Gasteiger partial charge on any atom is -0.330 e. The predicted molar refractivity (Wildman–Crippen MR) is 73.9 cm³/mol. The molecule has 2 nitrogen and oxygen atoms in total. The Morgan fingerprint density at radius 3 is 2.53 bits per heavy atom. The van der Waals surface area contributed by atoms with Gasteiger partial charge in [0.2, 0.25) is 0 Å². The molecule has 1 saturated carbocycles. The van der Waals surface area contributed by atoms with Gasteiger partial charge in [0.15, 0.2) is 0 Å². The van der Waals surface area contributed by atoms with Gasteiger partial charge in [-0.1, -0.05) is 20.3 Å². The Morgan fingerprint density at radius 1 is 1.06 bits per heavy atom. The standard InChI is InChI=1S/C15H30N2/c1-11-4-5-12(2)15(8-11)17-10-14(9-16)7-6-13(17)3/h11-15H,4-10,16H2,1-3H3. The summed E-state index contributed by atoms with van der Waals surface area (Å²) in [6.45, 7) is 9.42. The molecular weight excluding hydrogens is 208 g/mol. The van der Waals surface area contributed by atoms with Gasteiger partial charge < -0.3 is 5.73 Å². The van der Waals surface area contributed by atoms with E-state index in [4.69, 9.17) is 5.73 Å². The number of piperidine rings is 1. The fourth-order valence-electron chi connectivity index (χ4n) is 3.83. The van der Waals surface area contributed by atoms with Crippen LogP contribution in [0.25, 0.3) is 0 Å². The molecule has 5 unspecified atom stereocenters. The maximum atomic E-state index is 5.88. The third kappa shape index (κ3) is 3.03. The molecule has 0 spiro atoms.